The van der Waals surface area contributed by atoms with Crippen LogP contribution in [0.1, 0.15) is 36.5 Å². The molecular formula is C43H43N7O4. The zero-order valence-electron chi connectivity index (χ0n) is 30.7. The van der Waals surface area contributed by atoms with Crippen molar-refractivity contribution in [1.29, 1.82) is 0 Å². The number of aromatic nitrogens is 4. The molecule has 1 aliphatic rings. The molecule has 2 amide bonds. The lowest BCUT2D eigenvalue weighted by Gasteiger charge is -2.26. The minimum Gasteiger partial charge on any atom is -0.492 e. The molecule has 7 rings (SSSR count). The molecule has 54 heavy (non-hydrogen) atoms. The van der Waals surface area contributed by atoms with Gasteiger partial charge in [-0.25, -0.2) is 14.5 Å². The smallest absolute Gasteiger partial charge is 0.324 e. The van der Waals surface area contributed by atoms with E-state index >= 15 is 0 Å². The van der Waals surface area contributed by atoms with Gasteiger partial charge in [0.15, 0.2) is 0 Å². The highest BCUT2D eigenvalue weighted by molar-refractivity contribution is 6.07. The standard InChI is InChI=1S/C43H43N7O4/c1-5-43(3,4)38-29-40(50(48-38)32-15-13-30(2)14-16-32)47-42(51)45-36-17-18-37(35-12-7-6-11-34(35)36)54-41-19-20-44-39(46-41)28-31-9-8-10-33(27-31)53-26-23-49-21-24-52-25-22-49/h1,6-20,27,29H,21-26,28H2,2-4H3,(H2,45,47,51). The van der Waals surface area contributed by atoms with Crippen molar-refractivity contribution in [3.63, 3.8) is 0 Å². The number of terminal acetylenes is 1. The first-order valence-corrected chi connectivity index (χ1v) is 18.0. The molecule has 1 aliphatic heterocycles. The fourth-order valence-electron chi connectivity index (χ4n) is 6.15. The molecule has 6 aromatic rings. The highest BCUT2D eigenvalue weighted by Gasteiger charge is 2.24. The fourth-order valence-corrected chi connectivity index (χ4v) is 6.15. The van der Waals surface area contributed by atoms with E-state index in [0.29, 0.717) is 47.7 Å². The summed E-state index contributed by atoms with van der Waals surface area (Å²) in [4.78, 5) is 25.1. The Morgan fingerprint density at radius 3 is 2.54 bits per heavy atom. The van der Waals surface area contributed by atoms with Gasteiger partial charge >= 0.3 is 6.03 Å². The van der Waals surface area contributed by atoms with E-state index < -0.39 is 11.4 Å². The second-order valence-corrected chi connectivity index (χ2v) is 13.7. The van der Waals surface area contributed by atoms with Gasteiger partial charge < -0.3 is 19.5 Å². The second-order valence-electron chi connectivity index (χ2n) is 13.7. The van der Waals surface area contributed by atoms with Crippen LogP contribution in [0.5, 0.6) is 17.4 Å². The van der Waals surface area contributed by atoms with E-state index in [0.717, 1.165) is 66.2 Å². The Kier molecular flexibility index (Phi) is 10.8. The van der Waals surface area contributed by atoms with Gasteiger partial charge in [0, 0.05) is 55.2 Å². The van der Waals surface area contributed by atoms with Crippen LogP contribution >= 0.6 is 0 Å². The molecule has 1 fully saturated rings. The number of hydrogen-bond donors (Lipinski definition) is 2. The summed E-state index contributed by atoms with van der Waals surface area (Å²) in [5.41, 5.74) is 3.59. The fraction of sp³-hybridized carbons (Fsp3) is 0.256. The molecule has 1 saturated heterocycles. The number of carbonyl (C=O) groups is 1. The number of rotatable bonds is 12. The molecule has 0 spiro atoms. The summed E-state index contributed by atoms with van der Waals surface area (Å²) in [6.45, 7) is 10.7. The highest BCUT2D eigenvalue weighted by atomic mass is 16.5. The van der Waals surface area contributed by atoms with Crippen molar-refractivity contribution in [2.45, 2.75) is 32.6 Å². The number of fused-ring (bicyclic) bond motifs is 1. The van der Waals surface area contributed by atoms with E-state index in [1.807, 2.05) is 112 Å². The van der Waals surface area contributed by atoms with E-state index in [1.54, 1.807) is 16.9 Å². The van der Waals surface area contributed by atoms with Crippen molar-refractivity contribution in [2.24, 2.45) is 0 Å². The van der Waals surface area contributed by atoms with E-state index in [4.69, 9.17) is 30.7 Å². The molecule has 0 aliphatic carbocycles. The summed E-state index contributed by atoms with van der Waals surface area (Å²) in [5.74, 6) is 5.72. The average Bonchev–Trinajstić information content (AvgIpc) is 3.61. The second kappa shape index (κ2) is 16.2. The van der Waals surface area contributed by atoms with Crippen molar-refractivity contribution in [3.8, 4) is 35.4 Å². The number of morpholine rings is 1. The Bertz CT molecular complexity index is 2290. The number of nitrogens with zero attached hydrogens (tertiary/aromatic N) is 5. The number of urea groups is 1. The van der Waals surface area contributed by atoms with Crippen LogP contribution in [0.25, 0.3) is 16.5 Å². The SMILES string of the molecule is C#CC(C)(C)c1cc(NC(=O)Nc2ccc(Oc3ccnc(Cc4cccc(OCCN5CCOCC5)c4)n3)c3ccccc23)n(-c2ccc(C)cc2)n1. The number of amides is 2. The Balaban J connectivity index is 1.04. The molecule has 0 atom stereocenters. The molecule has 274 valence electrons. The number of carbonyl (C=O) groups excluding carboxylic acids is 1. The maximum absolute atomic E-state index is 13.5. The minimum atomic E-state index is -0.636. The van der Waals surface area contributed by atoms with Crippen molar-refractivity contribution >= 4 is 28.3 Å². The highest BCUT2D eigenvalue weighted by Crippen LogP contribution is 2.34. The topological polar surface area (TPSA) is 116 Å². The molecule has 0 unspecified atom stereocenters. The first-order valence-electron chi connectivity index (χ1n) is 18.0. The van der Waals surface area contributed by atoms with Crippen LogP contribution in [-0.4, -0.2) is 70.1 Å². The molecule has 2 N–H and O–H groups in total. The third-order valence-electron chi connectivity index (χ3n) is 9.30. The molecule has 0 bridgehead atoms. The molecule has 0 radical (unpaired) electrons. The summed E-state index contributed by atoms with van der Waals surface area (Å²) >= 11 is 0. The molecular weight excluding hydrogens is 679 g/mol. The van der Waals surface area contributed by atoms with Gasteiger partial charge in [0.1, 0.15) is 29.7 Å². The van der Waals surface area contributed by atoms with Crippen LogP contribution in [0.3, 0.4) is 0 Å². The third kappa shape index (κ3) is 8.69. The molecule has 2 aromatic heterocycles. The normalized spacial score (nSPS) is 13.3. The van der Waals surface area contributed by atoms with Crippen LogP contribution in [0.15, 0.2) is 103 Å². The zero-order chi connectivity index (χ0) is 37.5. The number of aryl methyl sites for hydroxylation is 1. The van der Waals surface area contributed by atoms with Gasteiger partial charge in [0.05, 0.1) is 35.7 Å². The number of anilines is 2. The quantitative estimate of drug-likeness (QED) is 0.123. The summed E-state index contributed by atoms with van der Waals surface area (Å²) in [5, 5.41) is 12.4. The number of nitrogens with one attached hydrogen (secondary N) is 2. The van der Waals surface area contributed by atoms with Crippen LogP contribution in [-0.2, 0) is 16.6 Å². The van der Waals surface area contributed by atoms with Gasteiger partial charge in [0.25, 0.3) is 0 Å². The van der Waals surface area contributed by atoms with Gasteiger partial charge in [-0.2, -0.15) is 10.1 Å². The van der Waals surface area contributed by atoms with Crippen LogP contribution in [0.4, 0.5) is 16.3 Å². The largest absolute Gasteiger partial charge is 0.492 e. The lowest BCUT2D eigenvalue weighted by molar-refractivity contribution is 0.0322. The number of benzene rings is 4. The third-order valence-corrected chi connectivity index (χ3v) is 9.30. The first-order chi connectivity index (χ1) is 26.2. The first kappa shape index (κ1) is 36.2. The van der Waals surface area contributed by atoms with E-state index in [2.05, 4.69) is 26.4 Å². The van der Waals surface area contributed by atoms with Gasteiger partial charge in [-0.15, -0.1) is 6.42 Å². The number of hydrogen-bond acceptors (Lipinski definition) is 8. The van der Waals surface area contributed by atoms with Crippen molar-refractivity contribution in [3.05, 3.63) is 126 Å². The van der Waals surface area contributed by atoms with Crippen LogP contribution in [0.2, 0.25) is 0 Å². The summed E-state index contributed by atoms with van der Waals surface area (Å²) in [6, 6.07) is 30.4. The van der Waals surface area contributed by atoms with Crippen LogP contribution < -0.4 is 20.1 Å². The average molecular weight is 722 g/mol. The lowest BCUT2D eigenvalue weighted by Crippen LogP contribution is -2.38. The maximum atomic E-state index is 13.5. The summed E-state index contributed by atoms with van der Waals surface area (Å²) in [6.07, 6.45) is 8.03. The predicted octanol–water partition coefficient (Wildman–Crippen LogP) is 7.77. The Hall–Kier alpha value is -6.22. The Labute approximate surface area is 315 Å². The lowest BCUT2D eigenvalue weighted by atomic mass is 9.91. The maximum Gasteiger partial charge on any atom is 0.324 e. The van der Waals surface area contributed by atoms with Crippen molar-refractivity contribution < 1.29 is 19.0 Å². The van der Waals surface area contributed by atoms with Crippen molar-refractivity contribution in [1.82, 2.24) is 24.6 Å². The van der Waals surface area contributed by atoms with E-state index in [1.165, 1.54) is 0 Å². The van der Waals surface area contributed by atoms with E-state index in [9.17, 15) is 4.79 Å². The van der Waals surface area contributed by atoms with Crippen molar-refractivity contribution in [2.75, 3.05) is 50.1 Å². The molecule has 3 heterocycles. The molecule has 0 saturated carbocycles. The Morgan fingerprint density at radius 2 is 1.74 bits per heavy atom. The predicted molar refractivity (Wildman–Crippen MR) is 211 cm³/mol. The number of ether oxygens (including phenoxy) is 3. The van der Waals surface area contributed by atoms with E-state index in [-0.39, 0.29) is 0 Å². The van der Waals surface area contributed by atoms with Gasteiger partial charge in [-0.05, 0) is 62.7 Å². The molecule has 4 aromatic carbocycles. The molecule has 11 nitrogen and oxygen atoms in total. The van der Waals surface area contributed by atoms with Gasteiger partial charge in [0.2, 0.25) is 5.88 Å². The molecule has 11 heteroatoms. The van der Waals surface area contributed by atoms with Gasteiger partial charge in [-0.3, -0.25) is 10.2 Å². The monoisotopic (exact) mass is 721 g/mol. The minimum absolute atomic E-state index is 0.414. The summed E-state index contributed by atoms with van der Waals surface area (Å²) < 4.78 is 19.5. The Morgan fingerprint density at radius 1 is 0.944 bits per heavy atom. The van der Waals surface area contributed by atoms with Crippen LogP contribution in [0, 0.1) is 19.3 Å². The summed E-state index contributed by atoms with van der Waals surface area (Å²) in [7, 11) is 0. The van der Waals surface area contributed by atoms with Gasteiger partial charge in [-0.1, -0.05) is 60.0 Å². The zero-order valence-corrected chi connectivity index (χ0v) is 30.7.